The first-order valence-corrected chi connectivity index (χ1v) is 8.20. The van der Waals surface area contributed by atoms with E-state index in [2.05, 4.69) is 32.7 Å². The quantitative estimate of drug-likeness (QED) is 0.586. The van der Waals surface area contributed by atoms with Gasteiger partial charge in [-0.3, -0.25) is 4.79 Å². The number of carbonyl (C=O) groups is 1. The minimum atomic E-state index is 0.157. The first kappa shape index (κ1) is 15.3. The van der Waals surface area contributed by atoms with E-state index in [1.54, 1.807) is 18.0 Å². The SMILES string of the molecule is CN1CCCC[C@H]1CCC(=O)NCCSc1cn[nH]n1. The van der Waals surface area contributed by atoms with Gasteiger partial charge < -0.3 is 10.2 Å². The highest BCUT2D eigenvalue weighted by Crippen LogP contribution is 2.18. The lowest BCUT2D eigenvalue weighted by atomic mass is 9.98. The number of rotatable bonds is 7. The number of amides is 1. The third-order valence-electron chi connectivity index (χ3n) is 3.69. The summed E-state index contributed by atoms with van der Waals surface area (Å²) in [6, 6.07) is 0.582. The summed E-state index contributed by atoms with van der Waals surface area (Å²) in [5.41, 5.74) is 0. The lowest BCUT2D eigenvalue weighted by Gasteiger charge is -2.32. The number of piperidine rings is 1. The Hall–Kier alpha value is -1.08. The minimum Gasteiger partial charge on any atom is -0.355 e. The van der Waals surface area contributed by atoms with Crippen LogP contribution in [0.1, 0.15) is 32.1 Å². The van der Waals surface area contributed by atoms with Crippen LogP contribution in [0.3, 0.4) is 0 Å². The van der Waals surface area contributed by atoms with E-state index < -0.39 is 0 Å². The Morgan fingerprint density at radius 3 is 3.25 bits per heavy atom. The summed E-state index contributed by atoms with van der Waals surface area (Å²) in [4.78, 5) is 14.2. The van der Waals surface area contributed by atoms with Crippen LogP contribution in [0.5, 0.6) is 0 Å². The van der Waals surface area contributed by atoms with Crippen LogP contribution in [0.4, 0.5) is 0 Å². The molecule has 2 heterocycles. The van der Waals surface area contributed by atoms with Crippen LogP contribution in [-0.2, 0) is 4.79 Å². The number of hydrogen-bond donors (Lipinski definition) is 2. The van der Waals surface area contributed by atoms with Gasteiger partial charge in [0.05, 0.1) is 6.20 Å². The van der Waals surface area contributed by atoms with Gasteiger partial charge in [-0.1, -0.05) is 6.42 Å². The molecule has 0 saturated carbocycles. The molecule has 0 aliphatic carbocycles. The smallest absolute Gasteiger partial charge is 0.220 e. The third kappa shape index (κ3) is 5.13. The van der Waals surface area contributed by atoms with Crippen molar-refractivity contribution in [1.29, 1.82) is 0 Å². The van der Waals surface area contributed by atoms with Crippen molar-refractivity contribution in [3.63, 3.8) is 0 Å². The maximum atomic E-state index is 11.8. The summed E-state index contributed by atoms with van der Waals surface area (Å²) in [7, 11) is 2.16. The standard InChI is InChI=1S/C13H23N5OS/c1-18-8-3-2-4-11(18)5-6-12(19)14-7-9-20-13-10-15-17-16-13/h10-11H,2-9H2,1H3,(H,14,19)(H,15,16,17)/t11-/m0/s1. The molecule has 0 unspecified atom stereocenters. The van der Waals surface area contributed by atoms with E-state index in [1.807, 2.05) is 0 Å². The van der Waals surface area contributed by atoms with E-state index >= 15 is 0 Å². The van der Waals surface area contributed by atoms with Gasteiger partial charge in [0.15, 0.2) is 0 Å². The highest BCUT2D eigenvalue weighted by molar-refractivity contribution is 7.99. The Labute approximate surface area is 124 Å². The molecule has 1 atom stereocenters. The summed E-state index contributed by atoms with van der Waals surface area (Å²) >= 11 is 1.59. The number of hydrogen-bond acceptors (Lipinski definition) is 5. The van der Waals surface area contributed by atoms with Crippen LogP contribution >= 0.6 is 11.8 Å². The van der Waals surface area contributed by atoms with Crippen LogP contribution in [0.25, 0.3) is 0 Å². The minimum absolute atomic E-state index is 0.157. The Morgan fingerprint density at radius 2 is 2.50 bits per heavy atom. The Kier molecular flexibility index (Phi) is 6.32. The molecule has 0 spiro atoms. The van der Waals surface area contributed by atoms with Gasteiger partial charge >= 0.3 is 0 Å². The fraction of sp³-hybridized carbons (Fsp3) is 0.769. The predicted octanol–water partition coefficient (Wildman–Crippen LogP) is 1.28. The maximum absolute atomic E-state index is 11.8. The molecule has 0 radical (unpaired) electrons. The van der Waals surface area contributed by atoms with E-state index in [9.17, 15) is 4.79 Å². The van der Waals surface area contributed by atoms with Gasteiger partial charge in [0, 0.05) is 24.8 Å². The molecule has 1 aromatic rings. The molecule has 1 amide bonds. The molecule has 2 rings (SSSR count). The van der Waals surface area contributed by atoms with Crippen molar-refractivity contribution in [2.45, 2.75) is 43.2 Å². The van der Waals surface area contributed by atoms with E-state index in [0.29, 0.717) is 19.0 Å². The monoisotopic (exact) mass is 297 g/mol. The van der Waals surface area contributed by atoms with Crippen molar-refractivity contribution in [3.8, 4) is 0 Å². The lowest BCUT2D eigenvalue weighted by Crippen LogP contribution is -2.37. The van der Waals surface area contributed by atoms with Gasteiger partial charge in [-0.15, -0.1) is 16.9 Å². The molecule has 1 saturated heterocycles. The molecule has 6 nitrogen and oxygen atoms in total. The zero-order chi connectivity index (χ0) is 14.2. The highest BCUT2D eigenvalue weighted by atomic mass is 32.2. The molecule has 0 aromatic carbocycles. The second kappa shape index (κ2) is 8.26. The van der Waals surface area contributed by atoms with Gasteiger partial charge in [0.25, 0.3) is 0 Å². The zero-order valence-electron chi connectivity index (χ0n) is 12.0. The second-order valence-corrected chi connectivity index (χ2v) is 6.29. The van der Waals surface area contributed by atoms with Crippen molar-refractivity contribution in [2.75, 3.05) is 25.9 Å². The zero-order valence-corrected chi connectivity index (χ0v) is 12.8. The fourth-order valence-corrected chi connectivity index (χ4v) is 3.15. The predicted molar refractivity (Wildman–Crippen MR) is 79.6 cm³/mol. The van der Waals surface area contributed by atoms with Crippen LogP contribution < -0.4 is 5.32 Å². The summed E-state index contributed by atoms with van der Waals surface area (Å²) in [5.74, 6) is 0.978. The molecule has 1 aromatic heterocycles. The first-order chi connectivity index (χ1) is 9.75. The summed E-state index contributed by atoms with van der Waals surface area (Å²) in [5, 5.41) is 14.1. The van der Waals surface area contributed by atoms with Crippen molar-refractivity contribution in [3.05, 3.63) is 6.20 Å². The Balaban J connectivity index is 1.53. The van der Waals surface area contributed by atoms with Gasteiger partial charge in [-0.25, -0.2) is 0 Å². The van der Waals surface area contributed by atoms with Crippen molar-refractivity contribution in [1.82, 2.24) is 25.6 Å². The normalized spacial score (nSPS) is 19.9. The van der Waals surface area contributed by atoms with Gasteiger partial charge in [-0.2, -0.15) is 10.3 Å². The van der Waals surface area contributed by atoms with Crippen LogP contribution in [0.15, 0.2) is 11.2 Å². The second-order valence-electron chi connectivity index (χ2n) is 5.18. The third-order valence-corrected chi connectivity index (χ3v) is 4.59. The Bertz CT molecular complexity index is 397. The van der Waals surface area contributed by atoms with Gasteiger partial charge in [-0.05, 0) is 32.9 Å². The molecular weight excluding hydrogens is 274 g/mol. The molecule has 1 aliphatic heterocycles. The van der Waals surface area contributed by atoms with Gasteiger partial charge in [0.2, 0.25) is 5.91 Å². The van der Waals surface area contributed by atoms with Crippen LogP contribution in [0, 0.1) is 0 Å². The lowest BCUT2D eigenvalue weighted by molar-refractivity contribution is -0.121. The highest BCUT2D eigenvalue weighted by Gasteiger charge is 2.19. The average molecular weight is 297 g/mol. The van der Waals surface area contributed by atoms with E-state index in [-0.39, 0.29) is 5.91 Å². The largest absolute Gasteiger partial charge is 0.355 e. The van der Waals surface area contributed by atoms with E-state index in [0.717, 1.165) is 17.2 Å². The summed E-state index contributed by atoms with van der Waals surface area (Å²) in [6.07, 6.45) is 7.10. The summed E-state index contributed by atoms with van der Waals surface area (Å²) in [6.45, 7) is 1.84. The number of nitrogens with one attached hydrogen (secondary N) is 2. The molecule has 1 aliphatic rings. The molecule has 0 bridgehead atoms. The molecular formula is C13H23N5OS. The number of thioether (sulfide) groups is 1. The molecule has 20 heavy (non-hydrogen) atoms. The first-order valence-electron chi connectivity index (χ1n) is 7.21. The van der Waals surface area contributed by atoms with Crippen molar-refractivity contribution >= 4 is 17.7 Å². The molecule has 7 heteroatoms. The van der Waals surface area contributed by atoms with E-state index in [1.165, 1.54) is 25.8 Å². The molecule has 1 fully saturated rings. The average Bonchev–Trinajstić information content (AvgIpc) is 2.96. The van der Waals surface area contributed by atoms with Gasteiger partial charge in [0.1, 0.15) is 5.03 Å². The topological polar surface area (TPSA) is 73.9 Å². The number of carbonyl (C=O) groups excluding carboxylic acids is 1. The number of aromatic nitrogens is 3. The number of H-pyrrole nitrogens is 1. The van der Waals surface area contributed by atoms with Crippen molar-refractivity contribution < 1.29 is 4.79 Å². The van der Waals surface area contributed by atoms with E-state index in [4.69, 9.17) is 0 Å². The van der Waals surface area contributed by atoms with Crippen LogP contribution in [-0.4, -0.2) is 58.1 Å². The molecule has 2 N–H and O–H groups in total. The number of likely N-dealkylation sites (tertiary alicyclic amines) is 1. The Morgan fingerprint density at radius 1 is 1.60 bits per heavy atom. The van der Waals surface area contributed by atoms with Crippen molar-refractivity contribution in [2.24, 2.45) is 0 Å². The fourth-order valence-electron chi connectivity index (χ4n) is 2.50. The number of aromatic amines is 1. The molecule has 112 valence electrons. The number of nitrogens with zero attached hydrogens (tertiary/aromatic N) is 3. The maximum Gasteiger partial charge on any atom is 0.220 e. The summed E-state index contributed by atoms with van der Waals surface area (Å²) < 4.78 is 0. The van der Waals surface area contributed by atoms with Crippen LogP contribution in [0.2, 0.25) is 0 Å².